The summed E-state index contributed by atoms with van der Waals surface area (Å²) in [6.45, 7) is 1.70. The predicted octanol–water partition coefficient (Wildman–Crippen LogP) is 4.69. The number of benzene rings is 3. The van der Waals surface area contributed by atoms with E-state index in [0.29, 0.717) is 22.2 Å². The standard InChI is InChI=1S/C23H19NO4/c1-15(28-18-12-11-16-7-3-4-8-17(16)13-18)22(25)24-14-20(23(26)27-2)19-9-5-6-10-21(19)24/h3-15H,1-2H3. The fraction of sp³-hybridized carbons (Fsp3) is 0.130. The fourth-order valence-electron chi connectivity index (χ4n) is 3.33. The van der Waals surface area contributed by atoms with Gasteiger partial charge >= 0.3 is 5.97 Å². The van der Waals surface area contributed by atoms with Gasteiger partial charge in [0.2, 0.25) is 0 Å². The molecule has 0 saturated heterocycles. The van der Waals surface area contributed by atoms with Gasteiger partial charge in [-0.05, 0) is 35.9 Å². The number of nitrogens with zero attached hydrogens (tertiary/aromatic N) is 1. The van der Waals surface area contributed by atoms with Crippen molar-refractivity contribution in [3.8, 4) is 5.75 Å². The highest BCUT2D eigenvalue weighted by atomic mass is 16.5. The molecule has 0 bridgehead atoms. The topological polar surface area (TPSA) is 57.5 Å². The van der Waals surface area contributed by atoms with Gasteiger partial charge < -0.3 is 9.47 Å². The maximum atomic E-state index is 13.0. The number of hydrogen-bond acceptors (Lipinski definition) is 4. The van der Waals surface area contributed by atoms with Gasteiger partial charge in [0, 0.05) is 11.6 Å². The van der Waals surface area contributed by atoms with Crippen molar-refractivity contribution in [2.45, 2.75) is 13.0 Å². The Kier molecular flexibility index (Phi) is 4.57. The number of para-hydroxylation sites is 1. The molecular weight excluding hydrogens is 354 g/mol. The molecule has 5 heteroatoms. The molecule has 0 spiro atoms. The SMILES string of the molecule is COC(=O)c1cn(C(=O)C(C)Oc2ccc3ccccc3c2)c2ccccc12. The lowest BCUT2D eigenvalue weighted by Crippen LogP contribution is -2.28. The van der Waals surface area contributed by atoms with E-state index in [9.17, 15) is 9.59 Å². The molecule has 0 aliphatic carbocycles. The van der Waals surface area contributed by atoms with Crippen LogP contribution in [-0.4, -0.2) is 29.7 Å². The molecule has 1 aromatic heterocycles. The Bertz CT molecular complexity index is 1190. The second kappa shape index (κ2) is 7.19. The molecule has 1 atom stereocenters. The summed E-state index contributed by atoms with van der Waals surface area (Å²) in [4.78, 5) is 25.1. The third kappa shape index (κ3) is 3.11. The highest BCUT2D eigenvalue weighted by Crippen LogP contribution is 2.24. The molecule has 140 valence electrons. The lowest BCUT2D eigenvalue weighted by atomic mass is 10.1. The van der Waals surface area contributed by atoms with Crippen molar-refractivity contribution in [1.29, 1.82) is 0 Å². The number of esters is 1. The highest BCUT2D eigenvalue weighted by molar-refractivity contribution is 6.07. The van der Waals surface area contributed by atoms with E-state index in [1.165, 1.54) is 17.9 Å². The number of fused-ring (bicyclic) bond motifs is 2. The summed E-state index contributed by atoms with van der Waals surface area (Å²) in [5.74, 6) is -0.130. The molecule has 28 heavy (non-hydrogen) atoms. The Morgan fingerprint density at radius 3 is 2.43 bits per heavy atom. The number of rotatable bonds is 4. The van der Waals surface area contributed by atoms with Crippen LogP contribution in [0.5, 0.6) is 5.75 Å². The van der Waals surface area contributed by atoms with Crippen LogP contribution in [0.4, 0.5) is 0 Å². The first-order chi connectivity index (χ1) is 13.6. The Balaban J connectivity index is 1.65. The first-order valence-electron chi connectivity index (χ1n) is 8.96. The van der Waals surface area contributed by atoms with Crippen LogP contribution in [0.15, 0.2) is 72.9 Å². The van der Waals surface area contributed by atoms with Crippen molar-refractivity contribution in [3.05, 3.63) is 78.5 Å². The van der Waals surface area contributed by atoms with Crippen LogP contribution in [-0.2, 0) is 4.74 Å². The quantitative estimate of drug-likeness (QED) is 0.487. The molecule has 0 aliphatic heterocycles. The zero-order valence-corrected chi connectivity index (χ0v) is 15.6. The molecule has 0 saturated carbocycles. The van der Waals surface area contributed by atoms with E-state index in [0.717, 1.165) is 10.8 Å². The third-order valence-corrected chi connectivity index (χ3v) is 4.74. The number of carbonyl (C=O) groups excluding carboxylic acids is 2. The maximum absolute atomic E-state index is 13.0. The normalized spacial score (nSPS) is 12.1. The zero-order chi connectivity index (χ0) is 19.7. The Morgan fingerprint density at radius 1 is 0.929 bits per heavy atom. The summed E-state index contributed by atoms with van der Waals surface area (Å²) < 4.78 is 12.2. The van der Waals surface area contributed by atoms with Crippen molar-refractivity contribution in [2.24, 2.45) is 0 Å². The summed E-state index contributed by atoms with van der Waals surface area (Å²) in [6, 6.07) is 20.9. The van der Waals surface area contributed by atoms with Crippen molar-refractivity contribution < 1.29 is 19.1 Å². The second-order valence-electron chi connectivity index (χ2n) is 6.53. The van der Waals surface area contributed by atoms with Gasteiger partial charge in [0.05, 0.1) is 18.2 Å². The van der Waals surface area contributed by atoms with Crippen LogP contribution < -0.4 is 4.74 Å². The van der Waals surface area contributed by atoms with Crippen LogP contribution in [0.1, 0.15) is 22.1 Å². The van der Waals surface area contributed by atoms with Gasteiger partial charge in [-0.3, -0.25) is 9.36 Å². The average molecular weight is 373 g/mol. The molecule has 5 nitrogen and oxygen atoms in total. The highest BCUT2D eigenvalue weighted by Gasteiger charge is 2.23. The third-order valence-electron chi connectivity index (χ3n) is 4.74. The molecule has 0 aliphatic rings. The molecule has 4 aromatic rings. The lowest BCUT2D eigenvalue weighted by molar-refractivity contribution is 0.0602. The Hall–Kier alpha value is -3.60. The first kappa shape index (κ1) is 17.8. The Labute approximate surface area is 162 Å². The van der Waals surface area contributed by atoms with Crippen molar-refractivity contribution >= 4 is 33.6 Å². The van der Waals surface area contributed by atoms with Crippen LogP contribution >= 0.6 is 0 Å². The maximum Gasteiger partial charge on any atom is 0.340 e. The average Bonchev–Trinajstić information content (AvgIpc) is 3.12. The van der Waals surface area contributed by atoms with Crippen molar-refractivity contribution in [1.82, 2.24) is 4.57 Å². The monoisotopic (exact) mass is 373 g/mol. The van der Waals surface area contributed by atoms with Gasteiger partial charge in [-0.1, -0.05) is 48.5 Å². The number of aromatic nitrogens is 1. The molecule has 0 fully saturated rings. The van der Waals surface area contributed by atoms with Gasteiger partial charge in [-0.25, -0.2) is 4.79 Å². The van der Waals surface area contributed by atoms with Gasteiger partial charge in [-0.2, -0.15) is 0 Å². The van der Waals surface area contributed by atoms with Crippen molar-refractivity contribution in [2.75, 3.05) is 7.11 Å². The summed E-state index contributed by atoms with van der Waals surface area (Å²) in [5, 5.41) is 2.81. The van der Waals surface area contributed by atoms with Gasteiger partial charge in [0.15, 0.2) is 6.10 Å². The second-order valence-corrected chi connectivity index (χ2v) is 6.53. The molecule has 3 aromatic carbocycles. The zero-order valence-electron chi connectivity index (χ0n) is 15.6. The molecule has 0 amide bonds. The largest absolute Gasteiger partial charge is 0.481 e. The van der Waals surface area contributed by atoms with E-state index >= 15 is 0 Å². The van der Waals surface area contributed by atoms with Gasteiger partial charge in [-0.15, -0.1) is 0 Å². The Morgan fingerprint density at radius 2 is 1.64 bits per heavy atom. The summed E-state index contributed by atoms with van der Waals surface area (Å²) in [6.07, 6.45) is 0.779. The molecule has 4 rings (SSSR count). The van der Waals surface area contributed by atoms with E-state index in [1.54, 1.807) is 19.1 Å². The molecule has 1 unspecified atom stereocenters. The summed E-state index contributed by atoms with van der Waals surface area (Å²) in [5.41, 5.74) is 0.992. The van der Waals surface area contributed by atoms with Gasteiger partial charge in [0.25, 0.3) is 5.91 Å². The fourth-order valence-corrected chi connectivity index (χ4v) is 3.33. The minimum absolute atomic E-state index is 0.264. The van der Waals surface area contributed by atoms with Crippen molar-refractivity contribution in [3.63, 3.8) is 0 Å². The number of methoxy groups -OCH3 is 1. The lowest BCUT2D eigenvalue weighted by Gasteiger charge is -2.15. The molecule has 0 N–H and O–H groups in total. The van der Waals surface area contributed by atoms with Crippen LogP contribution in [0.25, 0.3) is 21.7 Å². The summed E-state index contributed by atoms with van der Waals surface area (Å²) in [7, 11) is 1.32. The first-order valence-corrected chi connectivity index (χ1v) is 8.96. The minimum atomic E-state index is -0.734. The van der Waals surface area contributed by atoms with Crippen LogP contribution in [0.2, 0.25) is 0 Å². The van der Waals surface area contributed by atoms with Gasteiger partial charge in [0.1, 0.15) is 5.75 Å². The molecule has 0 radical (unpaired) electrons. The molecule has 1 heterocycles. The van der Waals surface area contributed by atoms with Crippen LogP contribution in [0, 0.1) is 0 Å². The number of carbonyl (C=O) groups is 2. The number of ether oxygens (including phenoxy) is 2. The van der Waals surface area contributed by atoms with E-state index in [-0.39, 0.29) is 5.91 Å². The van der Waals surface area contributed by atoms with Crippen LogP contribution in [0.3, 0.4) is 0 Å². The number of hydrogen-bond donors (Lipinski definition) is 0. The van der Waals surface area contributed by atoms with E-state index in [4.69, 9.17) is 9.47 Å². The smallest absolute Gasteiger partial charge is 0.340 e. The minimum Gasteiger partial charge on any atom is -0.481 e. The summed E-state index contributed by atoms with van der Waals surface area (Å²) >= 11 is 0. The molecular formula is C23H19NO4. The predicted molar refractivity (Wildman–Crippen MR) is 108 cm³/mol. The van der Waals surface area contributed by atoms with E-state index in [2.05, 4.69) is 0 Å². The van der Waals surface area contributed by atoms with E-state index < -0.39 is 12.1 Å². The van der Waals surface area contributed by atoms with E-state index in [1.807, 2.05) is 54.6 Å².